The van der Waals surface area contributed by atoms with Crippen LogP contribution in [0.1, 0.15) is 6.42 Å². The summed E-state index contributed by atoms with van der Waals surface area (Å²) in [7, 11) is -3.79. The first-order valence-electron chi connectivity index (χ1n) is 7.41. The van der Waals surface area contributed by atoms with E-state index in [2.05, 4.69) is 4.72 Å². The average molecular weight is 337 g/mol. The summed E-state index contributed by atoms with van der Waals surface area (Å²) >= 11 is 0. The lowest BCUT2D eigenvalue weighted by atomic mass is 9.78. The zero-order valence-corrected chi connectivity index (χ0v) is 12.8. The summed E-state index contributed by atoms with van der Waals surface area (Å²) < 4.78 is 32.8. The number of rotatable bonds is 4. The molecule has 2 saturated carbocycles. The minimum atomic E-state index is -3.79. The fourth-order valence-electron chi connectivity index (χ4n) is 4.39. The van der Waals surface area contributed by atoms with Crippen molar-refractivity contribution in [2.45, 2.75) is 23.5 Å². The molecule has 4 rings (SSSR count). The molecule has 6 atom stereocenters. The molecule has 2 N–H and O–H groups in total. The van der Waals surface area contributed by atoms with Crippen molar-refractivity contribution in [1.29, 1.82) is 0 Å². The van der Waals surface area contributed by atoms with Crippen molar-refractivity contribution in [2.75, 3.05) is 0 Å². The Morgan fingerprint density at radius 3 is 2.57 bits per heavy atom. The van der Waals surface area contributed by atoms with Crippen molar-refractivity contribution in [3.8, 4) is 0 Å². The number of ether oxygens (including phenoxy) is 1. The molecule has 3 aliphatic rings. The van der Waals surface area contributed by atoms with Crippen LogP contribution in [-0.4, -0.2) is 37.6 Å². The number of carboxylic acid groups (broad SMARTS) is 1. The molecule has 1 aromatic carbocycles. The zero-order chi connectivity index (χ0) is 16.4. The van der Waals surface area contributed by atoms with Crippen LogP contribution in [0.3, 0.4) is 0 Å². The van der Waals surface area contributed by atoms with Crippen molar-refractivity contribution in [1.82, 2.24) is 4.72 Å². The van der Waals surface area contributed by atoms with E-state index in [0.717, 1.165) is 0 Å². The Morgan fingerprint density at radius 1 is 1.22 bits per heavy atom. The van der Waals surface area contributed by atoms with Crippen molar-refractivity contribution in [2.24, 2.45) is 23.7 Å². The van der Waals surface area contributed by atoms with Gasteiger partial charge in [0.2, 0.25) is 10.0 Å². The minimum absolute atomic E-state index is 0.107. The molecule has 2 aliphatic carbocycles. The van der Waals surface area contributed by atoms with Crippen molar-refractivity contribution >= 4 is 22.0 Å². The number of nitrogens with one attached hydrogen (secondary N) is 1. The highest BCUT2D eigenvalue weighted by molar-refractivity contribution is 7.89. The maximum atomic E-state index is 12.5. The van der Waals surface area contributed by atoms with E-state index in [1.54, 1.807) is 18.2 Å². The van der Waals surface area contributed by atoms with Crippen molar-refractivity contribution < 1.29 is 27.9 Å². The second-order valence-electron chi connectivity index (χ2n) is 6.31. The van der Waals surface area contributed by atoms with Crippen LogP contribution in [-0.2, 0) is 24.3 Å². The van der Waals surface area contributed by atoms with Gasteiger partial charge in [-0.2, -0.15) is 0 Å². The average Bonchev–Trinajstić information content (AvgIpc) is 3.11. The van der Waals surface area contributed by atoms with Gasteiger partial charge in [-0.15, -0.1) is 0 Å². The van der Waals surface area contributed by atoms with Gasteiger partial charge in [-0.25, -0.2) is 13.1 Å². The second kappa shape index (κ2) is 4.78. The number of hydrogen-bond donors (Lipinski definition) is 2. The molecule has 0 amide bonds. The number of carbonyl (C=O) groups is 2. The molecule has 1 heterocycles. The summed E-state index contributed by atoms with van der Waals surface area (Å²) in [5.74, 6) is -3.73. The predicted molar refractivity (Wildman–Crippen MR) is 76.6 cm³/mol. The van der Waals surface area contributed by atoms with E-state index in [0.29, 0.717) is 6.42 Å². The van der Waals surface area contributed by atoms with Crippen LogP contribution < -0.4 is 4.72 Å². The summed E-state index contributed by atoms with van der Waals surface area (Å²) in [6, 6.07) is 7.18. The number of sulfonamides is 1. The SMILES string of the molecule is O=C(O)C1C2CC3C(OC(=O)C31)C2NS(=O)(=O)c1ccccc1. The Balaban J connectivity index is 1.66. The Kier molecular flexibility index (Phi) is 3.05. The number of aliphatic carboxylic acids is 1. The van der Waals surface area contributed by atoms with Gasteiger partial charge in [0.05, 0.1) is 22.8 Å². The molecule has 122 valence electrons. The van der Waals surface area contributed by atoms with E-state index in [1.807, 2.05) is 0 Å². The number of carbonyl (C=O) groups excluding carboxylic acids is 1. The molecule has 1 aromatic rings. The van der Waals surface area contributed by atoms with Gasteiger partial charge in [-0.3, -0.25) is 9.59 Å². The third-order valence-electron chi connectivity index (χ3n) is 5.25. The van der Waals surface area contributed by atoms with Gasteiger partial charge in [0.15, 0.2) is 0 Å². The molecule has 3 fully saturated rings. The van der Waals surface area contributed by atoms with Gasteiger partial charge in [0.25, 0.3) is 0 Å². The lowest BCUT2D eigenvalue weighted by Crippen LogP contribution is -2.50. The van der Waals surface area contributed by atoms with Crippen LogP contribution in [0.15, 0.2) is 35.2 Å². The fourth-order valence-corrected chi connectivity index (χ4v) is 5.71. The standard InChI is InChI=1S/C15H15NO6S/c17-14(18)10-8-6-9-11(10)15(19)22-13(9)12(8)16-23(20,21)7-4-2-1-3-5-7/h1-5,8-13,16H,6H2,(H,17,18). The van der Waals surface area contributed by atoms with Crippen LogP contribution in [0.4, 0.5) is 0 Å². The quantitative estimate of drug-likeness (QED) is 0.761. The topological polar surface area (TPSA) is 110 Å². The molecule has 8 heteroatoms. The van der Waals surface area contributed by atoms with E-state index in [4.69, 9.17) is 4.74 Å². The molecule has 1 saturated heterocycles. The van der Waals surface area contributed by atoms with Crippen molar-refractivity contribution in [3.63, 3.8) is 0 Å². The van der Waals surface area contributed by atoms with E-state index in [9.17, 15) is 23.1 Å². The Hall–Kier alpha value is -1.93. The molecule has 7 nitrogen and oxygen atoms in total. The van der Waals surface area contributed by atoms with Crippen molar-refractivity contribution in [3.05, 3.63) is 30.3 Å². The molecular formula is C15H15NO6S. The van der Waals surface area contributed by atoms with E-state index >= 15 is 0 Å². The largest absolute Gasteiger partial charge is 0.481 e. The van der Waals surface area contributed by atoms with Crippen LogP contribution in [0.5, 0.6) is 0 Å². The van der Waals surface area contributed by atoms with Gasteiger partial charge in [0.1, 0.15) is 6.10 Å². The summed E-state index contributed by atoms with van der Waals surface area (Å²) in [5.41, 5.74) is 0. The highest BCUT2D eigenvalue weighted by Crippen LogP contribution is 2.57. The maximum Gasteiger partial charge on any atom is 0.310 e. The molecule has 0 aromatic heterocycles. The normalized spacial score (nSPS) is 37.8. The van der Waals surface area contributed by atoms with E-state index in [-0.39, 0.29) is 10.8 Å². The van der Waals surface area contributed by atoms with Crippen LogP contribution >= 0.6 is 0 Å². The third kappa shape index (κ3) is 2.01. The lowest BCUT2D eigenvalue weighted by molar-refractivity contribution is -0.151. The van der Waals surface area contributed by atoms with Gasteiger partial charge >= 0.3 is 11.9 Å². The molecule has 1 aliphatic heterocycles. The summed E-state index contributed by atoms with van der Waals surface area (Å²) in [6.07, 6.45) is -0.0633. The van der Waals surface area contributed by atoms with E-state index in [1.165, 1.54) is 12.1 Å². The first-order valence-corrected chi connectivity index (χ1v) is 8.89. The molecule has 23 heavy (non-hydrogen) atoms. The first-order chi connectivity index (χ1) is 10.9. The lowest BCUT2D eigenvalue weighted by Gasteiger charge is -2.29. The predicted octanol–water partition coefficient (Wildman–Crippen LogP) is 0.226. The molecule has 0 spiro atoms. The van der Waals surface area contributed by atoms with Gasteiger partial charge in [0, 0.05) is 5.92 Å². The van der Waals surface area contributed by atoms with Gasteiger partial charge < -0.3 is 9.84 Å². The van der Waals surface area contributed by atoms with E-state index < -0.39 is 51.9 Å². The monoisotopic (exact) mass is 337 g/mol. The molecule has 0 radical (unpaired) electrons. The second-order valence-corrected chi connectivity index (χ2v) is 8.03. The third-order valence-corrected chi connectivity index (χ3v) is 6.72. The Bertz CT molecular complexity index is 776. The number of esters is 1. The highest BCUT2D eigenvalue weighted by Gasteiger charge is 2.69. The Morgan fingerprint density at radius 2 is 1.91 bits per heavy atom. The zero-order valence-electron chi connectivity index (χ0n) is 12.0. The van der Waals surface area contributed by atoms with Crippen LogP contribution in [0.2, 0.25) is 0 Å². The van der Waals surface area contributed by atoms with Gasteiger partial charge in [-0.05, 0) is 24.5 Å². The smallest absolute Gasteiger partial charge is 0.310 e. The number of fused-ring (bicyclic) bond motifs is 1. The van der Waals surface area contributed by atoms with Crippen LogP contribution in [0, 0.1) is 23.7 Å². The number of carboxylic acids is 1. The molecule has 2 bridgehead atoms. The number of benzene rings is 1. The number of hydrogen-bond acceptors (Lipinski definition) is 5. The summed E-state index contributed by atoms with van der Waals surface area (Å²) in [6.45, 7) is 0. The Labute approximate surface area is 132 Å². The molecular weight excluding hydrogens is 322 g/mol. The summed E-state index contributed by atoms with van der Waals surface area (Å²) in [4.78, 5) is 23.6. The maximum absolute atomic E-state index is 12.5. The minimum Gasteiger partial charge on any atom is -0.481 e. The van der Waals surface area contributed by atoms with Gasteiger partial charge in [-0.1, -0.05) is 18.2 Å². The molecule has 6 unspecified atom stereocenters. The van der Waals surface area contributed by atoms with Crippen LogP contribution in [0.25, 0.3) is 0 Å². The highest BCUT2D eigenvalue weighted by atomic mass is 32.2. The summed E-state index contributed by atoms with van der Waals surface area (Å²) in [5, 5.41) is 9.42. The first kappa shape index (κ1) is 14.6. The fraction of sp³-hybridized carbons (Fsp3) is 0.467.